The zero-order valence-corrected chi connectivity index (χ0v) is 15.6. The molecule has 0 N–H and O–H groups in total. The topological polar surface area (TPSA) is 56.3 Å². The van der Waals surface area contributed by atoms with E-state index < -0.39 is 12.1 Å². The first-order valence-electron chi connectivity index (χ1n) is 8.07. The lowest BCUT2D eigenvalue weighted by molar-refractivity contribution is -0.140. The highest BCUT2D eigenvalue weighted by molar-refractivity contribution is 9.10. The van der Waals surface area contributed by atoms with Crippen LogP contribution in [0.5, 0.6) is 0 Å². The van der Waals surface area contributed by atoms with E-state index in [1.165, 1.54) is 6.08 Å². The first-order chi connectivity index (χ1) is 12.5. The van der Waals surface area contributed by atoms with Gasteiger partial charge >= 0.3 is 5.97 Å². The van der Waals surface area contributed by atoms with E-state index in [4.69, 9.17) is 4.74 Å². The van der Waals surface area contributed by atoms with E-state index in [2.05, 4.69) is 20.9 Å². The number of rotatable bonds is 5. The van der Waals surface area contributed by atoms with E-state index in [9.17, 15) is 9.59 Å². The molecule has 3 rings (SSSR count). The maximum absolute atomic E-state index is 12.3. The molecule has 0 unspecified atom stereocenters. The van der Waals surface area contributed by atoms with Crippen molar-refractivity contribution in [1.29, 1.82) is 0 Å². The van der Waals surface area contributed by atoms with Crippen LogP contribution in [-0.4, -0.2) is 22.8 Å². The molecule has 26 heavy (non-hydrogen) atoms. The van der Waals surface area contributed by atoms with Crippen molar-refractivity contribution < 1.29 is 14.3 Å². The van der Waals surface area contributed by atoms with Crippen molar-refractivity contribution in [2.45, 2.75) is 13.0 Å². The molecule has 0 saturated heterocycles. The molecule has 0 spiro atoms. The third-order valence-electron chi connectivity index (χ3n) is 3.85. The Hall–Kier alpha value is -2.79. The number of pyridine rings is 1. The Morgan fingerprint density at radius 1 is 1.08 bits per heavy atom. The van der Waals surface area contributed by atoms with Crippen LogP contribution in [0.3, 0.4) is 0 Å². The number of hydrogen-bond acceptors (Lipinski definition) is 4. The summed E-state index contributed by atoms with van der Waals surface area (Å²) >= 11 is 3.32. The molecule has 0 radical (unpaired) electrons. The normalized spacial score (nSPS) is 12.2. The van der Waals surface area contributed by atoms with Gasteiger partial charge in [0.2, 0.25) is 5.78 Å². The van der Waals surface area contributed by atoms with E-state index in [1.54, 1.807) is 43.5 Å². The molecular weight excluding hydrogens is 394 g/mol. The van der Waals surface area contributed by atoms with E-state index in [0.717, 1.165) is 20.9 Å². The Labute approximate surface area is 159 Å². The van der Waals surface area contributed by atoms with Crippen LogP contribution in [-0.2, 0) is 9.53 Å². The van der Waals surface area contributed by atoms with Crippen LogP contribution in [0.25, 0.3) is 17.0 Å². The van der Waals surface area contributed by atoms with Gasteiger partial charge in [-0.3, -0.25) is 9.78 Å². The van der Waals surface area contributed by atoms with Gasteiger partial charge in [-0.2, -0.15) is 0 Å². The van der Waals surface area contributed by atoms with Gasteiger partial charge in [-0.25, -0.2) is 4.79 Å². The zero-order valence-electron chi connectivity index (χ0n) is 14.1. The molecule has 0 aliphatic carbocycles. The third kappa shape index (κ3) is 4.24. The SMILES string of the molecule is C[C@H](OC(=O)/C=C\c1cccc2cccnc12)C(=O)c1ccc(Br)cc1. The third-order valence-corrected chi connectivity index (χ3v) is 4.38. The number of fused-ring (bicyclic) bond motifs is 1. The fraction of sp³-hybridized carbons (Fsp3) is 0.0952. The maximum Gasteiger partial charge on any atom is 0.331 e. The highest BCUT2D eigenvalue weighted by Gasteiger charge is 2.18. The Morgan fingerprint density at radius 3 is 2.58 bits per heavy atom. The fourth-order valence-electron chi connectivity index (χ4n) is 2.54. The van der Waals surface area contributed by atoms with Crippen molar-refractivity contribution >= 4 is 44.7 Å². The van der Waals surface area contributed by atoms with Crippen molar-refractivity contribution in [3.63, 3.8) is 0 Å². The van der Waals surface area contributed by atoms with Gasteiger partial charge in [0.1, 0.15) is 0 Å². The number of Topliss-reactive ketones (excluding diaryl/α,β-unsaturated/α-hetero) is 1. The maximum atomic E-state index is 12.3. The van der Waals surface area contributed by atoms with Crippen LogP contribution in [0.1, 0.15) is 22.8 Å². The van der Waals surface area contributed by atoms with E-state index >= 15 is 0 Å². The minimum absolute atomic E-state index is 0.244. The van der Waals surface area contributed by atoms with Crippen LogP contribution < -0.4 is 0 Å². The molecule has 0 bridgehead atoms. The molecule has 1 aromatic heterocycles. The second-order valence-electron chi connectivity index (χ2n) is 5.71. The second-order valence-corrected chi connectivity index (χ2v) is 6.62. The Kier molecular flexibility index (Phi) is 5.58. The van der Waals surface area contributed by atoms with Crippen molar-refractivity contribution in [2.75, 3.05) is 0 Å². The lowest BCUT2D eigenvalue weighted by atomic mass is 10.1. The monoisotopic (exact) mass is 409 g/mol. The number of aromatic nitrogens is 1. The number of nitrogens with zero attached hydrogens (tertiary/aromatic N) is 1. The Balaban J connectivity index is 1.68. The molecule has 2 aromatic carbocycles. The van der Waals surface area contributed by atoms with Gasteiger partial charge in [0.05, 0.1) is 5.52 Å². The molecule has 0 saturated carbocycles. The highest BCUT2D eigenvalue weighted by atomic mass is 79.9. The first-order valence-corrected chi connectivity index (χ1v) is 8.86. The molecule has 0 aliphatic rings. The summed E-state index contributed by atoms with van der Waals surface area (Å²) in [6.45, 7) is 1.57. The number of ether oxygens (including phenoxy) is 1. The average Bonchev–Trinajstić information content (AvgIpc) is 2.66. The van der Waals surface area contributed by atoms with Crippen LogP contribution in [0.2, 0.25) is 0 Å². The van der Waals surface area contributed by atoms with Gasteiger partial charge in [0.25, 0.3) is 0 Å². The van der Waals surface area contributed by atoms with Crippen molar-refractivity contribution in [3.8, 4) is 0 Å². The number of halogens is 1. The standard InChI is InChI=1S/C21H16BrNO3/c1-14(21(25)17-7-10-18(22)11-8-17)26-19(24)12-9-16-5-2-4-15-6-3-13-23-20(15)16/h2-14H,1H3/b12-9-/t14-/m0/s1. The van der Waals surface area contributed by atoms with Crippen LogP contribution in [0, 0.1) is 0 Å². The number of carbonyl (C=O) groups is 2. The van der Waals surface area contributed by atoms with Crippen molar-refractivity contribution in [2.24, 2.45) is 0 Å². The summed E-state index contributed by atoms with van der Waals surface area (Å²) in [5, 5.41) is 0.988. The smallest absolute Gasteiger partial charge is 0.331 e. The fourth-order valence-corrected chi connectivity index (χ4v) is 2.80. The van der Waals surface area contributed by atoms with Gasteiger partial charge < -0.3 is 4.74 Å². The minimum Gasteiger partial charge on any atom is -0.451 e. The summed E-state index contributed by atoms with van der Waals surface area (Å²) in [5.74, 6) is -0.818. The largest absolute Gasteiger partial charge is 0.451 e. The molecule has 1 atom stereocenters. The van der Waals surface area contributed by atoms with Crippen LogP contribution >= 0.6 is 15.9 Å². The summed E-state index contributed by atoms with van der Waals surface area (Å²) in [6.07, 6.45) is 3.80. The van der Waals surface area contributed by atoms with Crippen molar-refractivity contribution in [1.82, 2.24) is 4.98 Å². The number of esters is 1. The van der Waals surface area contributed by atoms with E-state index in [-0.39, 0.29) is 5.78 Å². The molecule has 4 nitrogen and oxygen atoms in total. The first kappa shape index (κ1) is 18.0. The predicted octanol–water partition coefficient (Wildman–Crippen LogP) is 4.83. The van der Waals surface area contributed by atoms with Crippen LogP contribution in [0.4, 0.5) is 0 Å². The number of carbonyl (C=O) groups excluding carboxylic acids is 2. The lowest BCUT2D eigenvalue weighted by Gasteiger charge is -2.11. The lowest BCUT2D eigenvalue weighted by Crippen LogP contribution is -2.23. The summed E-state index contributed by atoms with van der Waals surface area (Å²) in [7, 11) is 0. The molecule has 5 heteroatoms. The average molecular weight is 410 g/mol. The molecule has 1 heterocycles. The minimum atomic E-state index is -0.862. The molecule has 0 aliphatic heterocycles. The zero-order chi connectivity index (χ0) is 18.5. The molecule has 0 fully saturated rings. The Morgan fingerprint density at radius 2 is 1.81 bits per heavy atom. The predicted molar refractivity (Wildman–Crippen MR) is 105 cm³/mol. The number of ketones is 1. The van der Waals surface area contributed by atoms with E-state index in [0.29, 0.717) is 5.56 Å². The number of benzene rings is 2. The van der Waals surface area contributed by atoms with E-state index in [1.807, 2.05) is 30.3 Å². The van der Waals surface area contributed by atoms with Crippen molar-refractivity contribution in [3.05, 3.63) is 82.5 Å². The second kappa shape index (κ2) is 8.06. The summed E-state index contributed by atoms with van der Waals surface area (Å²) in [4.78, 5) is 28.7. The highest BCUT2D eigenvalue weighted by Crippen LogP contribution is 2.17. The van der Waals surface area contributed by atoms with Gasteiger partial charge in [0.15, 0.2) is 6.10 Å². The Bertz CT molecular complexity index is 975. The van der Waals surface area contributed by atoms with Crippen LogP contribution in [0.15, 0.2) is 71.3 Å². The van der Waals surface area contributed by atoms with Gasteiger partial charge in [-0.1, -0.05) is 52.3 Å². The van der Waals surface area contributed by atoms with Gasteiger partial charge in [-0.15, -0.1) is 0 Å². The number of hydrogen-bond donors (Lipinski definition) is 0. The summed E-state index contributed by atoms with van der Waals surface area (Å²) in [6, 6.07) is 16.5. The molecule has 130 valence electrons. The quantitative estimate of drug-likeness (QED) is 0.344. The van der Waals surface area contributed by atoms with Gasteiger partial charge in [0, 0.05) is 33.3 Å². The number of para-hydroxylation sites is 1. The molecule has 3 aromatic rings. The molecule has 0 amide bonds. The summed E-state index contributed by atoms with van der Waals surface area (Å²) < 4.78 is 6.10. The summed E-state index contributed by atoms with van der Waals surface area (Å²) in [5.41, 5.74) is 2.11. The molecular formula is C21H16BrNO3. The van der Waals surface area contributed by atoms with Gasteiger partial charge in [-0.05, 0) is 31.2 Å².